The Bertz CT molecular complexity index is 1750. The minimum atomic E-state index is -4.21. The summed E-state index contributed by atoms with van der Waals surface area (Å²) in [4.78, 5) is 13.7. The molecule has 1 saturated heterocycles. The van der Waals surface area contributed by atoms with Gasteiger partial charge in [0, 0.05) is 0 Å². The molecule has 5 aromatic rings. The first-order valence-electron chi connectivity index (χ1n) is 16.8. The maximum Gasteiger partial charge on any atom is 0.475 e. The number of cyclic esters (lactones) is 1. The molecule has 0 radical (unpaired) electrons. The molecule has 6 rings (SSSR count). The van der Waals surface area contributed by atoms with E-state index in [9.17, 15) is 9.36 Å². The van der Waals surface area contributed by atoms with Crippen LogP contribution >= 0.6 is 7.82 Å². The summed E-state index contributed by atoms with van der Waals surface area (Å²) in [5, 5.41) is 0. The van der Waals surface area contributed by atoms with Gasteiger partial charge in [-0.1, -0.05) is 152 Å². The van der Waals surface area contributed by atoms with Crippen LogP contribution in [0.1, 0.15) is 27.8 Å². The normalized spacial score (nSPS) is 19.0. The fraction of sp³-hybridized carbons (Fsp3) is 0.244. The van der Waals surface area contributed by atoms with Crippen LogP contribution in [0.4, 0.5) is 0 Å². The second-order valence-corrected chi connectivity index (χ2v) is 13.6. The summed E-state index contributed by atoms with van der Waals surface area (Å²) in [5.41, 5.74) is 4.25. The summed E-state index contributed by atoms with van der Waals surface area (Å²) < 4.78 is 57.0. The number of phosphoric acid groups is 1. The van der Waals surface area contributed by atoms with E-state index in [-0.39, 0.29) is 39.6 Å². The van der Waals surface area contributed by atoms with Crippen molar-refractivity contribution in [2.75, 3.05) is 6.61 Å². The molecule has 5 aromatic carbocycles. The van der Waals surface area contributed by atoms with Crippen molar-refractivity contribution in [3.8, 4) is 0 Å². The second kappa shape index (κ2) is 18.7. The number of hydrogen-bond acceptors (Lipinski definition) is 9. The summed E-state index contributed by atoms with van der Waals surface area (Å²) in [7, 11) is -4.21. The van der Waals surface area contributed by atoms with E-state index in [1.807, 2.05) is 152 Å². The highest BCUT2D eigenvalue weighted by Crippen LogP contribution is 2.51. The first kappa shape index (κ1) is 36.4. The van der Waals surface area contributed by atoms with Gasteiger partial charge in [-0.3, -0.25) is 13.6 Å². The number of hydrogen-bond donors (Lipinski definition) is 0. The van der Waals surface area contributed by atoms with Crippen LogP contribution < -0.4 is 0 Å². The van der Waals surface area contributed by atoms with Gasteiger partial charge < -0.3 is 18.9 Å². The predicted molar refractivity (Wildman–Crippen MR) is 191 cm³/mol. The third-order valence-corrected chi connectivity index (χ3v) is 9.55. The molecule has 0 aliphatic carbocycles. The Labute approximate surface area is 298 Å². The lowest BCUT2D eigenvalue weighted by molar-refractivity contribution is -0.236. The van der Waals surface area contributed by atoms with Gasteiger partial charge >= 0.3 is 13.8 Å². The Morgan fingerprint density at radius 2 is 0.804 bits per heavy atom. The van der Waals surface area contributed by atoms with Crippen LogP contribution in [-0.2, 0) is 74.9 Å². The molecule has 4 atom stereocenters. The third-order valence-electron chi connectivity index (χ3n) is 8.19. The maximum atomic E-state index is 14.2. The SMILES string of the molecule is O=C1O[C@H](COP(=O)(OCc2ccccc2)OCc2ccccc2)[C@@H](OCc2ccccc2)[C@H](OCc2ccccc2)[C@H]1OCc1ccccc1. The predicted octanol–water partition coefficient (Wildman–Crippen LogP) is 8.23. The van der Waals surface area contributed by atoms with E-state index in [0.717, 1.165) is 27.8 Å². The van der Waals surface area contributed by atoms with Crippen molar-refractivity contribution in [1.82, 2.24) is 0 Å². The van der Waals surface area contributed by atoms with Crippen molar-refractivity contribution < 1.29 is 41.9 Å². The molecule has 0 bridgehead atoms. The minimum Gasteiger partial charge on any atom is -0.455 e. The highest BCUT2D eigenvalue weighted by molar-refractivity contribution is 7.48. The van der Waals surface area contributed by atoms with Gasteiger partial charge in [0.05, 0.1) is 39.6 Å². The van der Waals surface area contributed by atoms with Gasteiger partial charge in [-0.05, 0) is 27.8 Å². The third kappa shape index (κ3) is 11.0. The van der Waals surface area contributed by atoms with Crippen molar-refractivity contribution in [3.63, 3.8) is 0 Å². The molecular formula is C41H41O9P. The zero-order valence-corrected chi connectivity index (χ0v) is 29.0. The first-order chi connectivity index (χ1) is 25.0. The fourth-order valence-electron chi connectivity index (χ4n) is 5.50. The van der Waals surface area contributed by atoms with Gasteiger partial charge in [-0.15, -0.1) is 0 Å². The first-order valence-corrected chi connectivity index (χ1v) is 18.3. The molecule has 0 aromatic heterocycles. The summed E-state index contributed by atoms with van der Waals surface area (Å²) in [5.74, 6) is -0.651. The van der Waals surface area contributed by atoms with Gasteiger partial charge in [0.15, 0.2) is 12.2 Å². The van der Waals surface area contributed by atoms with E-state index in [2.05, 4.69) is 0 Å². The molecule has 264 valence electrons. The number of ether oxygens (including phenoxy) is 4. The van der Waals surface area contributed by atoms with Gasteiger partial charge in [0.1, 0.15) is 12.2 Å². The van der Waals surface area contributed by atoms with Crippen LogP contribution in [-0.4, -0.2) is 37.0 Å². The van der Waals surface area contributed by atoms with E-state index in [1.165, 1.54) is 0 Å². The van der Waals surface area contributed by atoms with Gasteiger partial charge in [-0.2, -0.15) is 0 Å². The Hall–Kier alpha value is -4.44. The average molecular weight is 709 g/mol. The van der Waals surface area contributed by atoms with Crippen molar-refractivity contribution in [1.29, 1.82) is 0 Å². The Morgan fingerprint density at radius 1 is 0.451 bits per heavy atom. The Balaban J connectivity index is 1.25. The summed E-state index contributed by atoms with van der Waals surface area (Å²) in [6.07, 6.45) is -3.97. The zero-order valence-electron chi connectivity index (χ0n) is 28.1. The molecule has 0 saturated carbocycles. The molecule has 1 aliphatic heterocycles. The smallest absolute Gasteiger partial charge is 0.455 e. The largest absolute Gasteiger partial charge is 0.475 e. The van der Waals surface area contributed by atoms with E-state index in [1.54, 1.807) is 0 Å². The van der Waals surface area contributed by atoms with Crippen LogP contribution in [0.5, 0.6) is 0 Å². The number of esters is 1. The van der Waals surface area contributed by atoms with Crippen LogP contribution in [0.2, 0.25) is 0 Å². The van der Waals surface area contributed by atoms with Crippen LogP contribution in [0.25, 0.3) is 0 Å². The quantitative estimate of drug-likeness (QED) is 0.0659. The summed E-state index contributed by atoms with van der Waals surface area (Å²) in [6.45, 7) is 0.106. The molecule has 0 unspecified atom stereocenters. The number of carbonyl (C=O) groups excluding carboxylic acids is 1. The average Bonchev–Trinajstić information content (AvgIpc) is 3.19. The molecule has 0 amide bonds. The topological polar surface area (TPSA) is 98.8 Å². The van der Waals surface area contributed by atoms with E-state index in [4.69, 9.17) is 32.5 Å². The number of carbonyl (C=O) groups is 1. The molecule has 9 nitrogen and oxygen atoms in total. The highest BCUT2D eigenvalue weighted by Gasteiger charge is 2.49. The summed E-state index contributed by atoms with van der Waals surface area (Å²) in [6, 6.07) is 47.4. The molecule has 1 aliphatic rings. The molecule has 0 N–H and O–H groups in total. The molecular weight excluding hydrogens is 667 g/mol. The number of phosphoric ester groups is 1. The second-order valence-electron chi connectivity index (χ2n) is 12.0. The van der Waals surface area contributed by atoms with Crippen molar-refractivity contribution in [2.45, 2.75) is 57.5 Å². The zero-order chi connectivity index (χ0) is 35.1. The number of benzene rings is 5. The molecule has 10 heteroatoms. The lowest BCUT2D eigenvalue weighted by Gasteiger charge is -2.41. The van der Waals surface area contributed by atoms with Crippen LogP contribution in [0.15, 0.2) is 152 Å². The van der Waals surface area contributed by atoms with Crippen LogP contribution in [0.3, 0.4) is 0 Å². The van der Waals surface area contributed by atoms with Gasteiger partial charge in [0.25, 0.3) is 0 Å². The summed E-state index contributed by atoms with van der Waals surface area (Å²) >= 11 is 0. The Kier molecular flexibility index (Phi) is 13.3. The fourth-order valence-corrected chi connectivity index (χ4v) is 6.67. The van der Waals surface area contributed by atoms with Crippen molar-refractivity contribution in [3.05, 3.63) is 179 Å². The lowest BCUT2D eigenvalue weighted by atomic mass is 9.98. The monoisotopic (exact) mass is 708 g/mol. The van der Waals surface area contributed by atoms with E-state index in [0.29, 0.717) is 0 Å². The van der Waals surface area contributed by atoms with E-state index >= 15 is 0 Å². The Morgan fingerprint density at radius 3 is 1.22 bits per heavy atom. The standard InChI is InChI=1S/C41H41O9P/c42-41-40(46-28-34-20-10-3-11-21-34)39(45-27-33-18-8-2-9-19-33)38(44-26-32-16-6-1-7-17-32)37(50-41)31-49-51(43,47-29-35-22-12-4-13-23-35)48-30-36-24-14-5-15-25-36/h1-25,37-40H,26-31H2/t37-,38-,39+,40-/m1/s1. The van der Waals surface area contributed by atoms with Crippen molar-refractivity contribution >= 4 is 13.8 Å². The van der Waals surface area contributed by atoms with Crippen LogP contribution in [0, 0.1) is 0 Å². The van der Waals surface area contributed by atoms with E-state index < -0.39 is 38.2 Å². The van der Waals surface area contributed by atoms with Crippen molar-refractivity contribution in [2.24, 2.45) is 0 Å². The number of rotatable bonds is 18. The molecule has 1 fully saturated rings. The van der Waals surface area contributed by atoms with Gasteiger partial charge in [-0.25, -0.2) is 9.36 Å². The van der Waals surface area contributed by atoms with Gasteiger partial charge in [0.2, 0.25) is 0 Å². The highest BCUT2D eigenvalue weighted by atomic mass is 31.2. The molecule has 51 heavy (non-hydrogen) atoms. The maximum absolute atomic E-state index is 14.2. The lowest BCUT2D eigenvalue weighted by Crippen LogP contribution is -2.59. The molecule has 0 spiro atoms. The minimum absolute atomic E-state index is 0.0243. The molecule has 1 heterocycles.